The van der Waals surface area contributed by atoms with Gasteiger partial charge < -0.3 is 5.32 Å². The number of aromatic nitrogens is 2. The molecule has 28 heavy (non-hydrogen) atoms. The topological polar surface area (TPSA) is 73.1 Å². The smallest absolute Gasteiger partial charge is 0.336 e. The lowest BCUT2D eigenvalue weighted by Gasteiger charge is -2.16. The molecule has 0 fully saturated rings. The van der Waals surface area contributed by atoms with E-state index in [-0.39, 0.29) is 18.5 Å². The van der Waals surface area contributed by atoms with Crippen LogP contribution in [0.1, 0.15) is 25.0 Å². The molecule has 1 N–H and O–H groups in total. The Kier molecular flexibility index (Phi) is 5.42. The highest BCUT2D eigenvalue weighted by molar-refractivity contribution is 6.31. The van der Waals surface area contributed by atoms with Gasteiger partial charge in [0.25, 0.3) is 5.56 Å². The van der Waals surface area contributed by atoms with Crippen molar-refractivity contribution in [2.75, 3.05) is 0 Å². The van der Waals surface area contributed by atoms with Gasteiger partial charge in [0.1, 0.15) is 6.54 Å². The maximum atomic E-state index is 13.2. The van der Waals surface area contributed by atoms with Crippen LogP contribution in [0.15, 0.2) is 46.0 Å². The summed E-state index contributed by atoms with van der Waals surface area (Å²) in [5.41, 5.74) is 1.49. The number of nitrogens with zero attached hydrogens (tertiary/aromatic N) is 2. The number of carbonyl (C=O) groups excluding carboxylic acids is 1. The van der Waals surface area contributed by atoms with E-state index in [0.717, 1.165) is 15.7 Å². The Labute approximate surface area is 167 Å². The molecule has 146 valence electrons. The highest BCUT2D eigenvalue weighted by atomic mass is 35.5. The van der Waals surface area contributed by atoms with Gasteiger partial charge in [-0.3, -0.25) is 14.2 Å². The maximum absolute atomic E-state index is 13.2. The average Bonchev–Trinajstić information content (AvgIpc) is 2.61. The van der Waals surface area contributed by atoms with Crippen LogP contribution in [0, 0.1) is 13.8 Å². The van der Waals surface area contributed by atoms with Crippen molar-refractivity contribution in [1.29, 1.82) is 0 Å². The Morgan fingerprint density at radius 2 is 1.82 bits per heavy atom. The zero-order valence-electron chi connectivity index (χ0n) is 16.2. The van der Waals surface area contributed by atoms with Crippen LogP contribution in [0.4, 0.5) is 0 Å². The maximum Gasteiger partial charge on any atom is 0.336 e. The number of rotatable bonds is 4. The third-order valence-corrected chi connectivity index (χ3v) is 4.87. The molecule has 0 bridgehead atoms. The van der Waals surface area contributed by atoms with Crippen LogP contribution in [-0.2, 0) is 11.3 Å². The lowest BCUT2D eigenvalue weighted by Crippen LogP contribution is -2.42. The number of hydrogen-bond acceptors (Lipinski definition) is 3. The molecule has 1 amide bonds. The van der Waals surface area contributed by atoms with Gasteiger partial charge in [0.15, 0.2) is 0 Å². The van der Waals surface area contributed by atoms with E-state index in [4.69, 9.17) is 11.6 Å². The lowest BCUT2D eigenvalue weighted by atomic mass is 10.1. The van der Waals surface area contributed by atoms with Gasteiger partial charge in [0.05, 0.1) is 16.6 Å². The van der Waals surface area contributed by atoms with Gasteiger partial charge in [-0.25, -0.2) is 9.36 Å². The monoisotopic (exact) mass is 399 g/mol. The van der Waals surface area contributed by atoms with Gasteiger partial charge in [-0.2, -0.15) is 0 Å². The number of halogens is 1. The van der Waals surface area contributed by atoms with E-state index in [2.05, 4.69) is 5.32 Å². The number of fused-ring (bicyclic) bond motifs is 1. The molecule has 3 rings (SSSR count). The SMILES string of the molecule is Cc1ccc2c(c1)c(=O)n(-c1ccc(C)c(Cl)c1)c(=O)n2CC(=O)NC(C)C. The summed E-state index contributed by atoms with van der Waals surface area (Å²) in [4.78, 5) is 38.7. The summed E-state index contributed by atoms with van der Waals surface area (Å²) >= 11 is 6.20. The molecule has 3 aromatic rings. The first-order valence-electron chi connectivity index (χ1n) is 9.01. The highest BCUT2D eigenvalue weighted by Crippen LogP contribution is 2.19. The first kappa shape index (κ1) is 19.9. The van der Waals surface area contributed by atoms with Gasteiger partial charge in [-0.15, -0.1) is 0 Å². The first-order valence-corrected chi connectivity index (χ1v) is 9.39. The minimum absolute atomic E-state index is 0.0569. The van der Waals surface area contributed by atoms with Crippen molar-refractivity contribution in [3.63, 3.8) is 0 Å². The van der Waals surface area contributed by atoms with E-state index in [1.807, 2.05) is 33.8 Å². The molecule has 0 radical (unpaired) electrons. The van der Waals surface area contributed by atoms with Crippen LogP contribution in [0.3, 0.4) is 0 Å². The lowest BCUT2D eigenvalue weighted by molar-refractivity contribution is -0.122. The molecule has 1 heterocycles. The minimum atomic E-state index is -0.583. The second kappa shape index (κ2) is 7.64. The largest absolute Gasteiger partial charge is 0.352 e. The van der Waals surface area contributed by atoms with Crippen LogP contribution in [0.25, 0.3) is 16.6 Å². The normalized spacial score (nSPS) is 11.2. The molecule has 0 atom stereocenters. The molecule has 0 aliphatic rings. The number of aryl methyl sites for hydroxylation is 2. The Morgan fingerprint density at radius 3 is 2.46 bits per heavy atom. The fraction of sp³-hybridized carbons (Fsp3) is 0.286. The summed E-state index contributed by atoms with van der Waals surface area (Å²) in [6.07, 6.45) is 0. The summed E-state index contributed by atoms with van der Waals surface area (Å²) in [5, 5.41) is 3.60. The van der Waals surface area contributed by atoms with Crippen LogP contribution in [-0.4, -0.2) is 21.1 Å². The third-order valence-electron chi connectivity index (χ3n) is 4.46. The van der Waals surface area contributed by atoms with Crippen LogP contribution in [0.5, 0.6) is 0 Å². The highest BCUT2D eigenvalue weighted by Gasteiger charge is 2.17. The molecule has 0 aliphatic carbocycles. The molecular formula is C21H22ClN3O3. The molecule has 6 nitrogen and oxygen atoms in total. The zero-order valence-corrected chi connectivity index (χ0v) is 17.0. The predicted octanol–water partition coefficient (Wildman–Crippen LogP) is 2.95. The number of benzene rings is 2. The van der Waals surface area contributed by atoms with E-state index < -0.39 is 11.2 Å². The number of carbonyl (C=O) groups is 1. The van der Waals surface area contributed by atoms with Crippen molar-refractivity contribution >= 4 is 28.4 Å². The van der Waals surface area contributed by atoms with Gasteiger partial charge in [-0.1, -0.05) is 29.3 Å². The Balaban J connectivity index is 2.32. The van der Waals surface area contributed by atoms with Crippen molar-refractivity contribution < 1.29 is 4.79 Å². The van der Waals surface area contributed by atoms with Crippen LogP contribution < -0.4 is 16.6 Å². The molecule has 0 unspecified atom stereocenters. The van der Waals surface area contributed by atoms with Crippen molar-refractivity contribution in [2.45, 2.75) is 40.3 Å². The molecular weight excluding hydrogens is 378 g/mol. The molecule has 0 aliphatic heterocycles. The summed E-state index contributed by atoms with van der Waals surface area (Å²) in [5.74, 6) is -0.300. The van der Waals surface area contributed by atoms with Gasteiger partial charge in [0.2, 0.25) is 5.91 Å². The van der Waals surface area contributed by atoms with Gasteiger partial charge >= 0.3 is 5.69 Å². The number of hydrogen-bond donors (Lipinski definition) is 1. The Hall–Kier alpha value is -2.86. The third kappa shape index (κ3) is 3.73. The van der Waals surface area contributed by atoms with E-state index in [1.165, 1.54) is 4.57 Å². The van der Waals surface area contributed by atoms with Gasteiger partial charge in [0, 0.05) is 11.1 Å². The number of nitrogens with one attached hydrogen (secondary N) is 1. The quantitative estimate of drug-likeness (QED) is 0.733. The standard InChI is InChI=1S/C21H22ClN3O3/c1-12(2)23-19(26)11-24-18-8-5-13(3)9-16(18)20(27)25(21(24)28)15-7-6-14(4)17(22)10-15/h5-10,12H,11H2,1-4H3,(H,23,26). The molecule has 0 spiro atoms. The van der Waals surface area contributed by atoms with Crippen molar-refractivity contribution in [3.05, 3.63) is 73.4 Å². The molecule has 1 aromatic heterocycles. The predicted molar refractivity (Wildman–Crippen MR) is 112 cm³/mol. The fourth-order valence-corrected chi connectivity index (χ4v) is 3.27. The summed E-state index contributed by atoms with van der Waals surface area (Å²) in [6.45, 7) is 7.21. The summed E-state index contributed by atoms with van der Waals surface area (Å²) in [7, 11) is 0. The minimum Gasteiger partial charge on any atom is -0.352 e. The fourth-order valence-electron chi connectivity index (χ4n) is 3.10. The molecule has 0 saturated heterocycles. The van der Waals surface area contributed by atoms with Gasteiger partial charge in [-0.05, 0) is 57.5 Å². The average molecular weight is 400 g/mol. The van der Waals surface area contributed by atoms with E-state index in [0.29, 0.717) is 21.6 Å². The van der Waals surface area contributed by atoms with Crippen LogP contribution in [0.2, 0.25) is 5.02 Å². The molecule has 0 saturated carbocycles. The van der Waals surface area contributed by atoms with Crippen molar-refractivity contribution in [3.8, 4) is 5.69 Å². The van der Waals surface area contributed by atoms with E-state index >= 15 is 0 Å². The van der Waals surface area contributed by atoms with E-state index in [9.17, 15) is 14.4 Å². The summed E-state index contributed by atoms with van der Waals surface area (Å²) < 4.78 is 2.39. The Morgan fingerprint density at radius 1 is 1.11 bits per heavy atom. The zero-order chi connectivity index (χ0) is 20.6. The summed E-state index contributed by atoms with van der Waals surface area (Å²) in [6, 6.07) is 10.2. The van der Waals surface area contributed by atoms with Crippen molar-refractivity contribution in [2.24, 2.45) is 0 Å². The van der Waals surface area contributed by atoms with E-state index in [1.54, 1.807) is 30.3 Å². The second-order valence-corrected chi connectivity index (χ2v) is 7.59. The molecule has 7 heteroatoms. The van der Waals surface area contributed by atoms with Crippen LogP contribution >= 0.6 is 11.6 Å². The second-order valence-electron chi connectivity index (χ2n) is 7.19. The first-order chi connectivity index (χ1) is 13.2. The van der Waals surface area contributed by atoms with Crippen molar-refractivity contribution in [1.82, 2.24) is 14.5 Å². The molecule has 2 aromatic carbocycles. The number of amides is 1. The Bertz CT molecular complexity index is 1190.